The van der Waals surface area contributed by atoms with Gasteiger partial charge in [-0.2, -0.15) is 8.75 Å². The smallest absolute Gasteiger partial charge is 0.240 e. The van der Waals surface area contributed by atoms with Crippen molar-refractivity contribution in [3.8, 4) is 0 Å². The summed E-state index contributed by atoms with van der Waals surface area (Å²) in [5.41, 5.74) is 2.08. The third kappa shape index (κ3) is 3.40. The zero-order valence-corrected chi connectivity index (χ0v) is 14.9. The fraction of sp³-hybridized carbons (Fsp3) is 0.133. The number of benzene rings is 2. The molecule has 0 aliphatic carbocycles. The minimum atomic E-state index is -3.85. The summed E-state index contributed by atoms with van der Waals surface area (Å²) in [6, 6.07) is 9.76. The van der Waals surface area contributed by atoms with Gasteiger partial charge in [-0.25, -0.2) is 8.42 Å². The number of hydrogen-bond donors (Lipinski definition) is 1. The molecule has 0 saturated carbocycles. The molecule has 0 aliphatic rings. The first kappa shape index (κ1) is 16.8. The fourth-order valence-corrected chi connectivity index (χ4v) is 4.38. The van der Waals surface area contributed by atoms with Crippen LogP contribution in [0.15, 0.2) is 41.3 Å². The predicted octanol–water partition coefficient (Wildman–Crippen LogP) is 3.07. The van der Waals surface area contributed by atoms with Crippen LogP contribution in [0.1, 0.15) is 5.56 Å². The Hall–Kier alpha value is -2.03. The molecule has 0 saturated heterocycles. The second-order valence-corrected chi connectivity index (χ2v) is 8.07. The van der Waals surface area contributed by atoms with Crippen LogP contribution in [0.5, 0.6) is 0 Å². The van der Waals surface area contributed by atoms with Crippen molar-refractivity contribution in [2.75, 3.05) is 11.1 Å². The predicted molar refractivity (Wildman–Crippen MR) is 94.3 cm³/mol. The highest BCUT2D eigenvalue weighted by molar-refractivity contribution is 7.92. The summed E-state index contributed by atoms with van der Waals surface area (Å²) in [4.78, 5) is 12.1. The van der Waals surface area contributed by atoms with Gasteiger partial charge < -0.3 is 5.32 Å². The number of halogens is 1. The van der Waals surface area contributed by atoms with E-state index in [0.717, 1.165) is 17.3 Å². The molecule has 1 N–H and O–H groups in total. The van der Waals surface area contributed by atoms with Crippen LogP contribution in [0.25, 0.3) is 11.0 Å². The second kappa shape index (κ2) is 6.46. The molecule has 0 unspecified atom stereocenters. The molecule has 1 heterocycles. The van der Waals surface area contributed by atoms with E-state index in [1.807, 2.05) is 6.92 Å². The number of nitrogens with one attached hydrogen (secondary N) is 1. The molecule has 3 rings (SSSR count). The molecule has 0 radical (unpaired) electrons. The summed E-state index contributed by atoms with van der Waals surface area (Å²) in [5, 5.41) is 2.87. The minimum Gasteiger partial charge on any atom is -0.324 e. The summed E-state index contributed by atoms with van der Waals surface area (Å²) in [6.07, 6.45) is 0. The molecule has 1 amide bonds. The summed E-state index contributed by atoms with van der Waals surface area (Å²) in [6.45, 7) is 1.87. The van der Waals surface area contributed by atoms with Gasteiger partial charge >= 0.3 is 0 Å². The van der Waals surface area contributed by atoms with Gasteiger partial charge in [-0.05, 0) is 36.8 Å². The number of anilines is 1. The van der Waals surface area contributed by atoms with Gasteiger partial charge in [0.1, 0.15) is 16.8 Å². The molecule has 0 aliphatic heterocycles. The Balaban J connectivity index is 1.84. The van der Waals surface area contributed by atoms with Crippen molar-refractivity contribution >= 4 is 55.8 Å². The number of aromatic nitrogens is 2. The minimum absolute atomic E-state index is 0.00102. The lowest BCUT2D eigenvalue weighted by atomic mass is 10.2. The van der Waals surface area contributed by atoms with Crippen LogP contribution in [0, 0.1) is 6.92 Å². The van der Waals surface area contributed by atoms with Crippen molar-refractivity contribution in [1.29, 1.82) is 0 Å². The summed E-state index contributed by atoms with van der Waals surface area (Å²) < 4.78 is 33.1. The van der Waals surface area contributed by atoms with E-state index in [1.54, 1.807) is 30.3 Å². The number of hydrogen-bond acceptors (Lipinski definition) is 6. The Bertz CT molecular complexity index is 1030. The standard InChI is InChI=1S/C15H12ClN3O3S2/c1-9-5-6-11(10(16)7-9)17-14(20)8-24(21,22)13-4-2-3-12-15(13)19-23-18-12/h2-7H,8H2,1H3,(H,17,20). The van der Waals surface area contributed by atoms with E-state index >= 15 is 0 Å². The molecule has 9 heteroatoms. The molecule has 0 bridgehead atoms. The van der Waals surface area contributed by atoms with Gasteiger partial charge in [0.25, 0.3) is 0 Å². The number of fused-ring (bicyclic) bond motifs is 1. The fourth-order valence-electron chi connectivity index (χ4n) is 2.19. The lowest BCUT2D eigenvalue weighted by molar-refractivity contribution is -0.113. The van der Waals surface area contributed by atoms with Crippen molar-refractivity contribution in [2.45, 2.75) is 11.8 Å². The maximum Gasteiger partial charge on any atom is 0.240 e. The molecule has 6 nitrogen and oxygen atoms in total. The third-order valence-corrected chi connectivity index (χ3v) is 5.80. The molecular weight excluding hydrogens is 370 g/mol. The zero-order valence-electron chi connectivity index (χ0n) is 12.5. The highest BCUT2D eigenvalue weighted by atomic mass is 35.5. The van der Waals surface area contributed by atoms with Crippen molar-refractivity contribution in [3.63, 3.8) is 0 Å². The van der Waals surface area contributed by atoms with Crippen LogP contribution >= 0.6 is 23.3 Å². The van der Waals surface area contributed by atoms with Crippen molar-refractivity contribution in [3.05, 3.63) is 47.0 Å². The van der Waals surface area contributed by atoms with E-state index in [9.17, 15) is 13.2 Å². The molecule has 0 atom stereocenters. The average Bonchev–Trinajstić information content (AvgIpc) is 2.97. The van der Waals surface area contributed by atoms with E-state index in [0.29, 0.717) is 16.2 Å². The Kier molecular flexibility index (Phi) is 4.53. The van der Waals surface area contributed by atoms with E-state index in [4.69, 9.17) is 11.6 Å². The number of carbonyl (C=O) groups excluding carboxylic acids is 1. The van der Waals surface area contributed by atoms with Crippen molar-refractivity contribution in [1.82, 2.24) is 8.75 Å². The summed E-state index contributed by atoms with van der Waals surface area (Å²) in [7, 11) is -3.85. The van der Waals surface area contributed by atoms with Gasteiger partial charge in [0, 0.05) is 0 Å². The number of sulfone groups is 1. The molecule has 1 aromatic heterocycles. The summed E-state index contributed by atoms with van der Waals surface area (Å²) >= 11 is 6.97. The Morgan fingerprint density at radius 1 is 1.25 bits per heavy atom. The van der Waals surface area contributed by atoms with E-state index in [1.165, 1.54) is 6.07 Å². The van der Waals surface area contributed by atoms with E-state index in [-0.39, 0.29) is 10.4 Å². The molecule has 3 aromatic rings. The van der Waals surface area contributed by atoms with Gasteiger partial charge in [-0.1, -0.05) is 23.7 Å². The third-order valence-electron chi connectivity index (χ3n) is 3.30. The molecule has 24 heavy (non-hydrogen) atoms. The monoisotopic (exact) mass is 381 g/mol. The molecule has 0 spiro atoms. The van der Waals surface area contributed by atoms with Crippen LogP contribution in [-0.2, 0) is 14.6 Å². The van der Waals surface area contributed by atoms with Crippen LogP contribution in [0.2, 0.25) is 5.02 Å². The van der Waals surface area contributed by atoms with Gasteiger partial charge in [0.05, 0.1) is 27.3 Å². The summed E-state index contributed by atoms with van der Waals surface area (Å²) in [5.74, 6) is -1.37. The van der Waals surface area contributed by atoms with E-state index < -0.39 is 21.5 Å². The topological polar surface area (TPSA) is 89.0 Å². The Labute approximate surface area is 147 Å². The maximum atomic E-state index is 12.5. The number of rotatable bonds is 4. The van der Waals surface area contributed by atoms with Crippen LogP contribution in [0.3, 0.4) is 0 Å². The number of aryl methyl sites for hydroxylation is 1. The van der Waals surface area contributed by atoms with Crippen molar-refractivity contribution < 1.29 is 13.2 Å². The largest absolute Gasteiger partial charge is 0.324 e. The quantitative estimate of drug-likeness (QED) is 0.750. The lowest BCUT2D eigenvalue weighted by Crippen LogP contribution is -2.23. The zero-order chi connectivity index (χ0) is 17.3. The normalized spacial score (nSPS) is 11.6. The second-order valence-electron chi connectivity index (χ2n) is 5.18. The van der Waals surface area contributed by atoms with Crippen molar-refractivity contribution in [2.24, 2.45) is 0 Å². The highest BCUT2D eigenvalue weighted by Crippen LogP contribution is 2.24. The van der Waals surface area contributed by atoms with Gasteiger partial charge in [0.15, 0.2) is 9.84 Å². The maximum absolute atomic E-state index is 12.5. The first-order chi connectivity index (χ1) is 11.4. The Morgan fingerprint density at radius 3 is 2.79 bits per heavy atom. The molecule has 124 valence electrons. The first-order valence-corrected chi connectivity index (χ1v) is 9.63. The van der Waals surface area contributed by atoms with Crippen LogP contribution < -0.4 is 5.32 Å². The lowest BCUT2D eigenvalue weighted by Gasteiger charge is -2.09. The van der Waals surface area contributed by atoms with Crippen LogP contribution in [0.4, 0.5) is 5.69 Å². The Morgan fingerprint density at radius 2 is 2.04 bits per heavy atom. The molecular formula is C15H12ClN3O3S2. The van der Waals surface area contributed by atoms with Gasteiger partial charge in [-0.3, -0.25) is 4.79 Å². The number of carbonyl (C=O) groups is 1. The van der Waals surface area contributed by atoms with Crippen LogP contribution in [-0.4, -0.2) is 28.8 Å². The molecule has 2 aromatic carbocycles. The van der Waals surface area contributed by atoms with E-state index in [2.05, 4.69) is 14.1 Å². The average molecular weight is 382 g/mol. The SMILES string of the molecule is Cc1ccc(NC(=O)CS(=O)(=O)c2cccc3nsnc23)c(Cl)c1. The van der Waals surface area contributed by atoms with Gasteiger partial charge in [-0.15, -0.1) is 0 Å². The highest BCUT2D eigenvalue weighted by Gasteiger charge is 2.23. The number of amides is 1. The molecule has 0 fully saturated rings. The van der Waals surface area contributed by atoms with Gasteiger partial charge in [0.2, 0.25) is 5.91 Å². The number of nitrogens with zero attached hydrogens (tertiary/aromatic N) is 2. The first-order valence-electron chi connectivity index (χ1n) is 6.87.